The Morgan fingerprint density at radius 1 is 1.62 bits per heavy atom. The van der Waals surface area contributed by atoms with Crippen LogP contribution in [-0.4, -0.2) is 6.54 Å². The van der Waals surface area contributed by atoms with Crippen LogP contribution < -0.4 is 5.73 Å². The van der Waals surface area contributed by atoms with Crippen LogP contribution in [0.25, 0.3) is 6.08 Å². The van der Waals surface area contributed by atoms with Crippen LogP contribution in [0.2, 0.25) is 5.02 Å². The summed E-state index contributed by atoms with van der Waals surface area (Å²) in [5.41, 5.74) is 6.78. The van der Waals surface area contributed by atoms with E-state index in [0.717, 1.165) is 5.57 Å². The lowest BCUT2D eigenvalue weighted by Crippen LogP contribution is -1.99. The Kier molecular flexibility index (Phi) is 3.46. The molecule has 0 heterocycles. The van der Waals surface area contributed by atoms with Crippen molar-refractivity contribution in [3.63, 3.8) is 0 Å². The van der Waals surface area contributed by atoms with Crippen molar-refractivity contribution in [3.8, 4) is 0 Å². The van der Waals surface area contributed by atoms with Gasteiger partial charge in [-0.15, -0.1) is 0 Å². The van der Waals surface area contributed by atoms with E-state index in [-0.39, 0.29) is 5.02 Å². The summed E-state index contributed by atoms with van der Waals surface area (Å²) in [5, 5.41) is 0.138. The molecule has 0 unspecified atom stereocenters. The molecular weight excluding hydrogens is 189 g/mol. The molecular formula is C10H11ClFN. The highest BCUT2D eigenvalue weighted by atomic mass is 35.5. The molecule has 13 heavy (non-hydrogen) atoms. The predicted octanol–water partition coefficient (Wildman–Crippen LogP) is 2.84. The van der Waals surface area contributed by atoms with Gasteiger partial charge in [-0.05, 0) is 13.0 Å². The maximum Gasteiger partial charge on any atom is 0.148 e. The van der Waals surface area contributed by atoms with Crippen molar-refractivity contribution in [3.05, 3.63) is 40.2 Å². The average Bonchev–Trinajstić information content (AvgIpc) is 2.13. The molecule has 0 aliphatic carbocycles. The van der Waals surface area contributed by atoms with Crippen molar-refractivity contribution in [1.82, 2.24) is 0 Å². The Morgan fingerprint density at radius 3 is 2.92 bits per heavy atom. The van der Waals surface area contributed by atoms with Gasteiger partial charge in [-0.25, -0.2) is 4.39 Å². The zero-order valence-electron chi connectivity index (χ0n) is 7.35. The summed E-state index contributed by atoms with van der Waals surface area (Å²) in [6.45, 7) is 2.27. The fourth-order valence-corrected chi connectivity index (χ4v) is 1.14. The highest BCUT2D eigenvalue weighted by Gasteiger charge is 2.02. The third-order valence-electron chi connectivity index (χ3n) is 1.71. The Labute approximate surface area is 82.0 Å². The Morgan fingerprint density at radius 2 is 2.31 bits per heavy atom. The predicted molar refractivity (Wildman–Crippen MR) is 54.1 cm³/mol. The quantitative estimate of drug-likeness (QED) is 0.779. The molecule has 0 saturated carbocycles. The molecule has 0 bridgehead atoms. The Hall–Kier alpha value is -0.860. The zero-order chi connectivity index (χ0) is 9.84. The van der Waals surface area contributed by atoms with Crippen LogP contribution in [0.4, 0.5) is 4.39 Å². The van der Waals surface area contributed by atoms with Crippen LogP contribution in [0.1, 0.15) is 12.5 Å². The number of hydrogen-bond acceptors (Lipinski definition) is 1. The molecule has 0 aliphatic rings. The van der Waals surface area contributed by atoms with Gasteiger partial charge in [0.1, 0.15) is 5.82 Å². The molecule has 0 radical (unpaired) electrons. The van der Waals surface area contributed by atoms with Crippen LogP contribution >= 0.6 is 11.6 Å². The summed E-state index contributed by atoms with van der Waals surface area (Å²) >= 11 is 5.60. The molecule has 0 aliphatic heterocycles. The van der Waals surface area contributed by atoms with E-state index in [1.54, 1.807) is 18.2 Å². The number of hydrogen-bond donors (Lipinski definition) is 1. The van der Waals surface area contributed by atoms with Crippen LogP contribution in [0, 0.1) is 5.82 Å². The number of benzene rings is 1. The van der Waals surface area contributed by atoms with Gasteiger partial charge in [0.15, 0.2) is 0 Å². The van der Waals surface area contributed by atoms with Crippen LogP contribution in [-0.2, 0) is 0 Å². The topological polar surface area (TPSA) is 26.0 Å². The van der Waals surface area contributed by atoms with E-state index >= 15 is 0 Å². The normalized spacial score (nSPS) is 11.8. The monoisotopic (exact) mass is 199 g/mol. The third kappa shape index (κ3) is 2.54. The molecule has 0 spiro atoms. The first-order chi connectivity index (χ1) is 6.15. The molecule has 0 amide bonds. The number of halogens is 2. The van der Waals surface area contributed by atoms with Crippen molar-refractivity contribution in [1.29, 1.82) is 0 Å². The summed E-state index contributed by atoms with van der Waals surface area (Å²) < 4.78 is 13.3. The van der Waals surface area contributed by atoms with Gasteiger partial charge in [-0.3, -0.25) is 0 Å². The summed E-state index contributed by atoms with van der Waals surface area (Å²) in [7, 11) is 0. The van der Waals surface area contributed by atoms with Gasteiger partial charge in [-0.1, -0.05) is 35.4 Å². The van der Waals surface area contributed by atoms with Crippen LogP contribution in [0.15, 0.2) is 23.8 Å². The second kappa shape index (κ2) is 4.40. The summed E-state index contributed by atoms with van der Waals surface area (Å²) in [6.07, 6.45) is 1.70. The van der Waals surface area contributed by atoms with Crippen molar-refractivity contribution in [2.75, 3.05) is 6.54 Å². The SMILES string of the molecule is C/C(=C/c1cccc(Cl)c1F)CN. The Bertz CT molecular complexity index is 334. The van der Waals surface area contributed by atoms with E-state index in [4.69, 9.17) is 17.3 Å². The summed E-state index contributed by atoms with van der Waals surface area (Å²) in [4.78, 5) is 0. The van der Waals surface area contributed by atoms with Gasteiger partial charge in [0.2, 0.25) is 0 Å². The van der Waals surface area contributed by atoms with Gasteiger partial charge in [-0.2, -0.15) is 0 Å². The van der Waals surface area contributed by atoms with E-state index < -0.39 is 5.82 Å². The first kappa shape index (κ1) is 10.2. The fourth-order valence-electron chi connectivity index (χ4n) is 0.956. The molecule has 70 valence electrons. The van der Waals surface area contributed by atoms with Crippen molar-refractivity contribution in [2.45, 2.75) is 6.92 Å². The number of rotatable bonds is 2. The lowest BCUT2D eigenvalue weighted by atomic mass is 10.1. The minimum atomic E-state index is -0.392. The number of nitrogens with two attached hydrogens (primary N) is 1. The minimum absolute atomic E-state index is 0.138. The highest BCUT2D eigenvalue weighted by molar-refractivity contribution is 6.30. The molecule has 0 aromatic heterocycles. The first-order valence-corrected chi connectivity index (χ1v) is 4.34. The molecule has 2 N–H and O–H groups in total. The summed E-state index contributed by atoms with van der Waals surface area (Å²) in [5.74, 6) is -0.392. The lowest BCUT2D eigenvalue weighted by molar-refractivity contribution is 0.625. The molecule has 0 atom stereocenters. The Balaban J connectivity index is 3.09. The average molecular weight is 200 g/mol. The molecule has 0 saturated heterocycles. The molecule has 1 aromatic rings. The highest BCUT2D eigenvalue weighted by Crippen LogP contribution is 2.19. The standard InChI is InChI=1S/C10H11ClFN/c1-7(6-13)5-8-3-2-4-9(11)10(8)12/h2-5H,6,13H2,1H3/b7-5-. The lowest BCUT2D eigenvalue weighted by Gasteiger charge is -2.00. The van der Waals surface area contributed by atoms with Gasteiger partial charge in [0.25, 0.3) is 0 Å². The molecule has 1 nitrogen and oxygen atoms in total. The first-order valence-electron chi connectivity index (χ1n) is 3.96. The zero-order valence-corrected chi connectivity index (χ0v) is 8.11. The molecule has 0 fully saturated rings. The largest absolute Gasteiger partial charge is 0.327 e. The molecule has 1 rings (SSSR count). The molecule has 1 aromatic carbocycles. The van der Waals surface area contributed by atoms with Crippen molar-refractivity contribution >= 4 is 17.7 Å². The third-order valence-corrected chi connectivity index (χ3v) is 2.00. The fraction of sp³-hybridized carbons (Fsp3) is 0.200. The van der Waals surface area contributed by atoms with E-state index in [1.807, 2.05) is 6.92 Å². The van der Waals surface area contributed by atoms with Gasteiger partial charge >= 0.3 is 0 Å². The van der Waals surface area contributed by atoms with E-state index in [2.05, 4.69) is 0 Å². The second-order valence-corrected chi connectivity index (χ2v) is 3.25. The maximum absolute atomic E-state index is 13.3. The maximum atomic E-state index is 13.3. The van der Waals surface area contributed by atoms with Gasteiger partial charge in [0, 0.05) is 12.1 Å². The van der Waals surface area contributed by atoms with E-state index in [0.29, 0.717) is 12.1 Å². The van der Waals surface area contributed by atoms with Gasteiger partial charge < -0.3 is 5.73 Å². The smallest absolute Gasteiger partial charge is 0.148 e. The minimum Gasteiger partial charge on any atom is -0.327 e. The molecule has 3 heteroatoms. The van der Waals surface area contributed by atoms with E-state index in [1.165, 1.54) is 6.07 Å². The van der Waals surface area contributed by atoms with E-state index in [9.17, 15) is 4.39 Å². The second-order valence-electron chi connectivity index (χ2n) is 2.84. The van der Waals surface area contributed by atoms with Crippen LogP contribution in [0.3, 0.4) is 0 Å². The van der Waals surface area contributed by atoms with Crippen molar-refractivity contribution < 1.29 is 4.39 Å². The van der Waals surface area contributed by atoms with Crippen LogP contribution in [0.5, 0.6) is 0 Å². The summed E-state index contributed by atoms with van der Waals surface area (Å²) in [6, 6.07) is 4.90. The van der Waals surface area contributed by atoms with Crippen molar-refractivity contribution in [2.24, 2.45) is 5.73 Å². The van der Waals surface area contributed by atoms with Gasteiger partial charge in [0.05, 0.1) is 5.02 Å².